The summed E-state index contributed by atoms with van der Waals surface area (Å²) in [6.07, 6.45) is 3.22. The van der Waals surface area contributed by atoms with E-state index in [2.05, 4.69) is 89.7 Å². The van der Waals surface area contributed by atoms with Gasteiger partial charge in [0.1, 0.15) is 0 Å². The van der Waals surface area contributed by atoms with Crippen LogP contribution in [0.15, 0.2) is 18.2 Å². The molecule has 0 N–H and O–H groups in total. The number of aryl methyl sites for hydroxylation is 1. The Morgan fingerprint density at radius 3 is 2.43 bits per heavy atom. The number of benzene rings is 1. The van der Waals surface area contributed by atoms with Crippen LogP contribution in [0.3, 0.4) is 0 Å². The second-order valence-electron chi connectivity index (χ2n) is 8.66. The lowest BCUT2D eigenvalue weighted by Crippen LogP contribution is -2.48. The molecule has 0 aliphatic carbocycles. The van der Waals surface area contributed by atoms with Gasteiger partial charge in [-0.15, -0.1) is 5.10 Å². The van der Waals surface area contributed by atoms with Crippen LogP contribution >= 0.6 is 0 Å². The molecule has 1 aromatic heterocycles. The van der Waals surface area contributed by atoms with E-state index < -0.39 is 0 Å². The zero-order valence-corrected chi connectivity index (χ0v) is 18.4. The van der Waals surface area contributed by atoms with Crippen molar-refractivity contribution in [3.63, 3.8) is 0 Å². The summed E-state index contributed by atoms with van der Waals surface area (Å²) >= 11 is 0. The molecule has 0 spiro atoms. The lowest BCUT2D eigenvalue weighted by molar-refractivity contribution is 0.153. The van der Waals surface area contributed by atoms with E-state index in [0.717, 1.165) is 51.3 Å². The molecule has 1 aliphatic rings. The third kappa shape index (κ3) is 4.07. The second kappa shape index (κ2) is 8.60. The third-order valence-electron chi connectivity index (χ3n) is 6.46. The zero-order chi connectivity index (χ0) is 20.3. The predicted octanol–water partition coefficient (Wildman–Crippen LogP) is 4.10. The Kier molecular flexibility index (Phi) is 6.38. The van der Waals surface area contributed by atoms with E-state index in [0.29, 0.717) is 0 Å². The van der Waals surface area contributed by atoms with Gasteiger partial charge in [-0.1, -0.05) is 32.4 Å². The minimum absolute atomic E-state index is 0.0642. The summed E-state index contributed by atoms with van der Waals surface area (Å²) in [5.74, 6) is 1.02. The van der Waals surface area contributed by atoms with Crippen molar-refractivity contribution in [3.8, 4) is 0 Å². The van der Waals surface area contributed by atoms with Gasteiger partial charge in [0.15, 0.2) is 5.82 Å². The van der Waals surface area contributed by atoms with Crippen LogP contribution in [0, 0.1) is 13.8 Å². The Hall–Kier alpha value is -1.95. The van der Waals surface area contributed by atoms with Crippen molar-refractivity contribution >= 4 is 5.69 Å². The molecule has 1 aromatic carbocycles. The van der Waals surface area contributed by atoms with Gasteiger partial charge in [0.25, 0.3) is 0 Å². The highest BCUT2D eigenvalue weighted by Crippen LogP contribution is 2.31. The topological polar surface area (TPSA) is 50.1 Å². The van der Waals surface area contributed by atoms with Gasteiger partial charge in [-0.05, 0) is 68.2 Å². The Bertz CT molecular complexity index is 773. The molecule has 6 heteroatoms. The predicted molar refractivity (Wildman–Crippen MR) is 115 cm³/mol. The summed E-state index contributed by atoms with van der Waals surface area (Å²) in [4.78, 5) is 5.11. The van der Waals surface area contributed by atoms with Crippen LogP contribution in [0.1, 0.15) is 70.0 Å². The number of hydrogen-bond acceptors (Lipinski definition) is 5. The molecule has 1 atom stereocenters. The van der Waals surface area contributed by atoms with Crippen molar-refractivity contribution in [2.45, 2.75) is 72.4 Å². The van der Waals surface area contributed by atoms with Gasteiger partial charge in [0, 0.05) is 31.9 Å². The summed E-state index contributed by atoms with van der Waals surface area (Å²) in [5, 5.41) is 12.9. The summed E-state index contributed by atoms with van der Waals surface area (Å²) in [5.41, 5.74) is 4.08. The fourth-order valence-electron chi connectivity index (χ4n) is 4.08. The minimum Gasteiger partial charge on any atom is -0.369 e. The second-order valence-corrected chi connectivity index (χ2v) is 8.66. The van der Waals surface area contributed by atoms with Crippen molar-refractivity contribution in [3.05, 3.63) is 35.2 Å². The largest absolute Gasteiger partial charge is 0.369 e. The number of hydrogen-bond donors (Lipinski definition) is 0. The molecule has 0 saturated carbocycles. The van der Waals surface area contributed by atoms with E-state index in [1.807, 2.05) is 0 Å². The van der Waals surface area contributed by atoms with Gasteiger partial charge in [-0.2, -0.15) is 0 Å². The molecular formula is C22H36N6. The van der Waals surface area contributed by atoms with Gasteiger partial charge in [0.2, 0.25) is 0 Å². The first kappa shape index (κ1) is 20.8. The molecule has 0 amide bonds. The van der Waals surface area contributed by atoms with Gasteiger partial charge in [0.05, 0.1) is 11.6 Å². The van der Waals surface area contributed by atoms with Gasteiger partial charge < -0.3 is 4.90 Å². The maximum atomic E-state index is 4.47. The summed E-state index contributed by atoms with van der Waals surface area (Å²) in [6, 6.07) is 6.91. The molecular weight excluding hydrogens is 348 g/mol. The highest BCUT2D eigenvalue weighted by Gasteiger charge is 2.32. The molecule has 1 saturated heterocycles. The fourth-order valence-corrected chi connectivity index (χ4v) is 4.08. The van der Waals surface area contributed by atoms with Crippen LogP contribution in [-0.4, -0.2) is 51.3 Å². The maximum Gasteiger partial charge on any atom is 0.168 e. The smallest absolute Gasteiger partial charge is 0.168 e. The van der Waals surface area contributed by atoms with Crippen molar-refractivity contribution in [2.24, 2.45) is 0 Å². The quantitative estimate of drug-likeness (QED) is 0.719. The number of aromatic nitrogens is 4. The monoisotopic (exact) mass is 384 g/mol. The Labute approximate surface area is 169 Å². The van der Waals surface area contributed by atoms with E-state index in [-0.39, 0.29) is 11.6 Å². The SMILES string of the molecule is CCC[C@@H](c1nnnn1C(C)(C)CC)N1CCN(c2cccc(C)c2C)CC1. The van der Waals surface area contributed by atoms with E-state index in [9.17, 15) is 0 Å². The molecule has 6 nitrogen and oxygen atoms in total. The summed E-state index contributed by atoms with van der Waals surface area (Å²) in [7, 11) is 0. The highest BCUT2D eigenvalue weighted by molar-refractivity contribution is 5.56. The molecule has 3 rings (SSSR count). The number of anilines is 1. The maximum absolute atomic E-state index is 4.47. The lowest BCUT2D eigenvalue weighted by atomic mass is 10.0. The van der Waals surface area contributed by atoms with Gasteiger partial charge in [-0.25, -0.2) is 4.68 Å². The van der Waals surface area contributed by atoms with E-state index in [1.54, 1.807) is 0 Å². The van der Waals surface area contributed by atoms with Crippen molar-refractivity contribution in [2.75, 3.05) is 31.1 Å². The first-order valence-corrected chi connectivity index (χ1v) is 10.7. The molecule has 2 aromatic rings. The molecule has 0 radical (unpaired) electrons. The van der Waals surface area contributed by atoms with Gasteiger partial charge >= 0.3 is 0 Å². The Morgan fingerprint density at radius 1 is 1.07 bits per heavy atom. The fraction of sp³-hybridized carbons (Fsp3) is 0.682. The van der Waals surface area contributed by atoms with Crippen LogP contribution in [-0.2, 0) is 5.54 Å². The lowest BCUT2D eigenvalue weighted by Gasteiger charge is -2.41. The van der Waals surface area contributed by atoms with Crippen LogP contribution in [0.5, 0.6) is 0 Å². The molecule has 0 bridgehead atoms. The summed E-state index contributed by atoms with van der Waals surface area (Å²) in [6.45, 7) is 17.5. The van der Waals surface area contributed by atoms with E-state index in [4.69, 9.17) is 0 Å². The molecule has 0 unspecified atom stereocenters. The molecule has 1 fully saturated rings. The Morgan fingerprint density at radius 2 is 1.79 bits per heavy atom. The van der Waals surface area contributed by atoms with Crippen LogP contribution in [0.2, 0.25) is 0 Å². The first-order chi connectivity index (χ1) is 13.4. The normalized spacial score (nSPS) is 17.1. The summed E-state index contributed by atoms with van der Waals surface area (Å²) < 4.78 is 2.06. The zero-order valence-electron chi connectivity index (χ0n) is 18.4. The molecule has 1 aliphatic heterocycles. The van der Waals surface area contributed by atoms with Crippen LogP contribution < -0.4 is 4.90 Å². The van der Waals surface area contributed by atoms with E-state index in [1.165, 1.54) is 16.8 Å². The number of rotatable bonds is 7. The van der Waals surface area contributed by atoms with Gasteiger partial charge in [-0.3, -0.25) is 4.90 Å². The first-order valence-electron chi connectivity index (χ1n) is 10.7. The minimum atomic E-state index is -0.0642. The standard InChI is InChI=1S/C22H36N6/c1-7-10-20(21-23-24-25-28(21)22(5,6)8-2)27-15-13-26(14-16-27)19-12-9-11-17(3)18(19)4/h9,11-12,20H,7-8,10,13-16H2,1-6H3/t20-/m0/s1. The van der Waals surface area contributed by atoms with Crippen LogP contribution in [0.25, 0.3) is 0 Å². The number of tetrazole rings is 1. The van der Waals surface area contributed by atoms with Crippen molar-refractivity contribution in [1.82, 2.24) is 25.1 Å². The average Bonchev–Trinajstić information content (AvgIpc) is 3.19. The Balaban J connectivity index is 1.78. The molecule has 2 heterocycles. The molecule has 28 heavy (non-hydrogen) atoms. The van der Waals surface area contributed by atoms with E-state index >= 15 is 0 Å². The van der Waals surface area contributed by atoms with Crippen molar-refractivity contribution < 1.29 is 0 Å². The van der Waals surface area contributed by atoms with Crippen LogP contribution in [0.4, 0.5) is 5.69 Å². The van der Waals surface area contributed by atoms with Crippen molar-refractivity contribution in [1.29, 1.82) is 0 Å². The third-order valence-corrected chi connectivity index (χ3v) is 6.46. The number of piperazine rings is 1. The highest BCUT2D eigenvalue weighted by atomic mass is 15.6. The molecule has 154 valence electrons. The average molecular weight is 385 g/mol. The number of nitrogens with zero attached hydrogens (tertiary/aromatic N) is 6.